The van der Waals surface area contributed by atoms with Gasteiger partial charge < -0.3 is 10.1 Å². The van der Waals surface area contributed by atoms with Crippen LogP contribution < -0.4 is 11.0 Å². The summed E-state index contributed by atoms with van der Waals surface area (Å²) in [5.41, 5.74) is -4.89. The van der Waals surface area contributed by atoms with Crippen LogP contribution in [0.5, 0.6) is 0 Å². The number of halogens is 6. The molecule has 2 N–H and O–H groups in total. The summed E-state index contributed by atoms with van der Waals surface area (Å²) in [5, 5.41) is 12.8. The average Bonchev–Trinajstić information content (AvgIpc) is 3.38. The lowest BCUT2D eigenvalue weighted by atomic mass is 9.73. The molecular formula is C27H29F6N5O3. The smallest absolute Gasteiger partial charge is 0.372 e. The van der Waals surface area contributed by atoms with Gasteiger partial charge in [-0.3, -0.25) is 4.57 Å². The molecule has 4 atom stereocenters. The van der Waals surface area contributed by atoms with Crippen molar-refractivity contribution in [3.63, 3.8) is 0 Å². The van der Waals surface area contributed by atoms with Gasteiger partial charge in [0.25, 0.3) is 0 Å². The van der Waals surface area contributed by atoms with E-state index in [0.29, 0.717) is 25.0 Å². The second-order valence-corrected chi connectivity index (χ2v) is 10.3. The van der Waals surface area contributed by atoms with Gasteiger partial charge >= 0.3 is 18.0 Å². The van der Waals surface area contributed by atoms with Crippen molar-refractivity contribution in [3.8, 4) is 0 Å². The molecule has 14 heteroatoms. The second-order valence-electron chi connectivity index (χ2n) is 10.3. The zero-order chi connectivity index (χ0) is 30.1. The highest BCUT2D eigenvalue weighted by atomic mass is 19.4. The second kappa shape index (κ2) is 11.4. The van der Waals surface area contributed by atoms with Crippen molar-refractivity contribution < 1.29 is 31.1 Å². The third-order valence-electron chi connectivity index (χ3n) is 7.87. The standard InChI is InChI=1S/C27H29F6N5O3/c1-3-22(37-40)25(38-16-35-36-23(38)39)10-9-24(34-14-25,19-7-5-4-6-8-19)15-41-17(2)18-11-20(26(28,29)30)13-21(12-18)27(31,32)33/h4-8,11-13,16-17,22,34H,3,9-10,14-15H2,1-2H3,(H,36,39)/t17-,22?,24-,25+/m1/s1. The van der Waals surface area contributed by atoms with Crippen LogP contribution in [0.4, 0.5) is 26.3 Å². The zero-order valence-corrected chi connectivity index (χ0v) is 22.2. The molecule has 2 heterocycles. The minimum absolute atomic E-state index is 0.0764. The summed E-state index contributed by atoms with van der Waals surface area (Å²) < 4.78 is 87.9. The van der Waals surface area contributed by atoms with E-state index in [-0.39, 0.29) is 31.2 Å². The van der Waals surface area contributed by atoms with Gasteiger partial charge in [0, 0.05) is 6.54 Å². The van der Waals surface area contributed by atoms with Crippen LogP contribution in [-0.2, 0) is 28.2 Å². The van der Waals surface area contributed by atoms with Crippen LogP contribution in [0.2, 0.25) is 0 Å². The summed E-state index contributed by atoms with van der Waals surface area (Å²) >= 11 is 0. The Balaban J connectivity index is 1.66. The van der Waals surface area contributed by atoms with Crippen molar-refractivity contribution in [1.82, 2.24) is 20.1 Å². The third-order valence-corrected chi connectivity index (χ3v) is 7.87. The highest BCUT2D eigenvalue weighted by molar-refractivity contribution is 5.35. The Morgan fingerprint density at radius 2 is 1.68 bits per heavy atom. The number of aromatic amines is 1. The lowest BCUT2D eigenvalue weighted by Gasteiger charge is -2.49. The fourth-order valence-corrected chi connectivity index (χ4v) is 5.48. The summed E-state index contributed by atoms with van der Waals surface area (Å²) in [6.07, 6.45) is -8.89. The third kappa shape index (κ3) is 6.08. The van der Waals surface area contributed by atoms with Crippen LogP contribution >= 0.6 is 0 Å². The maximum atomic E-state index is 13.4. The number of nitrogens with zero attached hydrogens (tertiary/aromatic N) is 3. The molecular weight excluding hydrogens is 556 g/mol. The van der Waals surface area contributed by atoms with Crippen LogP contribution in [0.3, 0.4) is 0 Å². The zero-order valence-electron chi connectivity index (χ0n) is 22.2. The topological polar surface area (TPSA) is 101 Å². The average molecular weight is 586 g/mol. The van der Waals surface area contributed by atoms with Crippen LogP contribution in [0.25, 0.3) is 0 Å². The Bertz CT molecular complexity index is 1360. The minimum atomic E-state index is -4.98. The minimum Gasteiger partial charge on any atom is -0.372 e. The summed E-state index contributed by atoms with van der Waals surface area (Å²) in [6.45, 7) is 3.12. The fourth-order valence-electron chi connectivity index (χ4n) is 5.48. The van der Waals surface area contributed by atoms with E-state index in [1.807, 2.05) is 12.1 Å². The maximum absolute atomic E-state index is 13.4. The van der Waals surface area contributed by atoms with Crippen molar-refractivity contribution in [2.45, 2.75) is 68.7 Å². The predicted octanol–water partition coefficient (Wildman–Crippen LogP) is 5.91. The summed E-state index contributed by atoms with van der Waals surface area (Å²) in [7, 11) is 0. The first-order valence-corrected chi connectivity index (χ1v) is 12.9. The molecule has 0 saturated carbocycles. The van der Waals surface area contributed by atoms with E-state index >= 15 is 0 Å². The molecule has 0 spiro atoms. The van der Waals surface area contributed by atoms with Gasteiger partial charge in [-0.2, -0.15) is 36.3 Å². The number of nitroso groups, excluding NO2 is 1. The molecule has 1 fully saturated rings. The van der Waals surface area contributed by atoms with Gasteiger partial charge in [0.05, 0.1) is 34.9 Å². The molecule has 1 saturated heterocycles. The van der Waals surface area contributed by atoms with E-state index in [2.05, 4.69) is 20.7 Å². The molecule has 2 aromatic carbocycles. The van der Waals surface area contributed by atoms with Crippen LogP contribution in [-0.4, -0.2) is 34.0 Å². The molecule has 0 aliphatic carbocycles. The molecule has 222 valence electrons. The first-order chi connectivity index (χ1) is 19.3. The summed E-state index contributed by atoms with van der Waals surface area (Å²) in [6, 6.07) is 9.60. The van der Waals surface area contributed by atoms with E-state index in [9.17, 15) is 36.0 Å². The lowest BCUT2D eigenvalue weighted by Crippen LogP contribution is -2.63. The van der Waals surface area contributed by atoms with E-state index < -0.39 is 52.4 Å². The Morgan fingerprint density at radius 1 is 1.05 bits per heavy atom. The molecule has 8 nitrogen and oxygen atoms in total. The first-order valence-electron chi connectivity index (χ1n) is 12.9. The number of piperidine rings is 1. The van der Waals surface area contributed by atoms with Crippen LogP contribution in [0.15, 0.2) is 64.8 Å². The number of H-pyrrole nitrogens is 1. The van der Waals surface area contributed by atoms with E-state index in [0.717, 1.165) is 5.56 Å². The monoisotopic (exact) mass is 585 g/mol. The number of ether oxygens (including phenoxy) is 1. The Kier molecular flexibility index (Phi) is 8.46. The van der Waals surface area contributed by atoms with E-state index in [1.165, 1.54) is 17.8 Å². The van der Waals surface area contributed by atoms with Gasteiger partial charge in [-0.1, -0.05) is 42.4 Å². The largest absolute Gasteiger partial charge is 0.416 e. The van der Waals surface area contributed by atoms with Gasteiger partial charge in [-0.25, -0.2) is 9.89 Å². The molecule has 4 rings (SSSR count). The number of hydrogen-bond donors (Lipinski definition) is 2. The number of hydrogen-bond acceptors (Lipinski definition) is 6. The molecule has 1 aliphatic rings. The Morgan fingerprint density at radius 3 is 2.15 bits per heavy atom. The number of nitrogens with one attached hydrogen (secondary N) is 2. The van der Waals surface area contributed by atoms with Crippen molar-refractivity contribution >= 4 is 0 Å². The maximum Gasteiger partial charge on any atom is 0.416 e. The van der Waals surface area contributed by atoms with Gasteiger partial charge in [-0.15, -0.1) is 0 Å². The molecule has 0 amide bonds. The van der Waals surface area contributed by atoms with Gasteiger partial charge in [-0.05, 0) is 55.5 Å². The quantitative estimate of drug-likeness (QED) is 0.240. The Labute approximate surface area is 231 Å². The first kappa shape index (κ1) is 30.4. The summed E-state index contributed by atoms with van der Waals surface area (Å²) in [5.74, 6) is 0. The number of aromatic nitrogens is 3. The van der Waals surface area contributed by atoms with Gasteiger partial charge in [0.2, 0.25) is 0 Å². The lowest BCUT2D eigenvalue weighted by molar-refractivity contribution is -0.143. The van der Waals surface area contributed by atoms with Gasteiger partial charge in [0.15, 0.2) is 0 Å². The SMILES string of the molecule is CCC(N=O)[C@]1(n2cn[nH]c2=O)CC[C@@](CO[C@H](C)c2cc(C(F)(F)F)cc(C(F)(F)F)c2)(c2ccccc2)NC1. The van der Waals surface area contributed by atoms with Crippen molar-refractivity contribution in [1.29, 1.82) is 0 Å². The van der Waals surface area contributed by atoms with Crippen molar-refractivity contribution in [2.24, 2.45) is 5.18 Å². The predicted molar refractivity (Wildman–Crippen MR) is 137 cm³/mol. The molecule has 0 bridgehead atoms. The number of alkyl halides is 6. The molecule has 1 unspecified atom stereocenters. The molecule has 1 aromatic heterocycles. The fraction of sp³-hybridized carbons (Fsp3) is 0.481. The molecule has 41 heavy (non-hydrogen) atoms. The molecule has 0 radical (unpaired) electrons. The number of rotatable bonds is 9. The highest BCUT2D eigenvalue weighted by Crippen LogP contribution is 2.42. The van der Waals surface area contributed by atoms with Crippen LogP contribution in [0.1, 0.15) is 61.5 Å². The normalized spacial score (nSPS) is 23.2. The number of benzene rings is 2. The molecule has 1 aliphatic heterocycles. The van der Waals surface area contributed by atoms with Gasteiger partial charge in [0.1, 0.15) is 12.4 Å². The van der Waals surface area contributed by atoms with Crippen molar-refractivity contribution in [2.75, 3.05) is 13.2 Å². The van der Waals surface area contributed by atoms with Crippen LogP contribution in [0, 0.1) is 4.91 Å². The van der Waals surface area contributed by atoms with E-state index in [4.69, 9.17) is 4.74 Å². The Hall–Kier alpha value is -3.52. The van der Waals surface area contributed by atoms with E-state index in [1.54, 1.807) is 25.1 Å². The van der Waals surface area contributed by atoms with Crippen molar-refractivity contribution in [3.05, 3.63) is 92.5 Å². The highest BCUT2D eigenvalue weighted by Gasteiger charge is 2.50. The summed E-state index contributed by atoms with van der Waals surface area (Å²) in [4.78, 5) is 24.4. The molecule has 3 aromatic rings.